The molecule has 2 bridgehead atoms. The number of hydrogen-bond acceptors (Lipinski definition) is 4. The largest absolute Gasteiger partial charge is 0.493 e. The first-order valence-electron chi connectivity index (χ1n) is 9.51. The number of carbonyl (C=O) groups is 1. The Hall–Kier alpha value is -2.31. The van der Waals surface area contributed by atoms with Gasteiger partial charge in [-0.25, -0.2) is 8.78 Å². The van der Waals surface area contributed by atoms with Crippen LogP contribution in [0.4, 0.5) is 8.78 Å². The normalized spacial score (nSPS) is 24.8. The van der Waals surface area contributed by atoms with Gasteiger partial charge in [0.2, 0.25) is 0 Å². The second kappa shape index (κ2) is 7.97. The third-order valence-electron chi connectivity index (χ3n) is 5.73. The second-order valence-electron chi connectivity index (χ2n) is 7.50. The van der Waals surface area contributed by atoms with Crippen molar-refractivity contribution < 1.29 is 23.0 Å². The number of nitrogens with zero attached hydrogens (tertiary/aromatic N) is 1. The van der Waals surface area contributed by atoms with Gasteiger partial charge in [-0.3, -0.25) is 9.69 Å². The molecular formula is C22H23F2NO3. The van der Waals surface area contributed by atoms with Crippen LogP contribution in [0, 0.1) is 17.6 Å². The molecule has 0 spiro atoms. The Balaban J connectivity index is 1.55. The summed E-state index contributed by atoms with van der Waals surface area (Å²) < 4.78 is 38.5. The van der Waals surface area contributed by atoms with Crippen LogP contribution in [0.25, 0.3) is 0 Å². The fraction of sp³-hybridized carbons (Fsp3) is 0.409. The zero-order valence-corrected chi connectivity index (χ0v) is 15.7. The Morgan fingerprint density at radius 2 is 1.82 bits per heavy atom. The predicted octanol–water partition coefficient (Wildman–Crippen LogP) is 3.84. The van der Waals surface area contributed by atoms with Crippen LogP contribution >= 0.6 is 0 Å². The van der Waals surface area contributed by atoms with Crippen molar-refractivity contribution in [1.29, 1.82) is 0 Å². The Bertz CT molecular complexity index is 844. The molecule has 2 aliphatic rings. The average Bonchev–Trinajstić information content (AvgIpc) is 2.67. The maximum absolute atomic E-state index is 14.0. The van der Waals surface area contributed by atoms with Crippen molar-refractivity contribution in [2.75, 3.05) is 20.3 Å². The highest BCUT2D eigenvalue weighted by Gasteiger charge is 2.42. The molecule has 2 aromatic rings. The summed E-state index contributed by atoms with van der Waals surface area (Å²) in [6.07, 6.45) is 1.20. The standard InChI is InChI=1S/C22H23F2NO3/c1-27-22-19(9-16(23)10-20(22)24)21(26)15-7-17-12-28-13-18(8-15)25(17)11-14-5-3-2-4-6-14/h2-6,9-10,15,17-18H,7-8,11-13H2,1H3. The van der Waals surface area contributed by atoms with E-state index in [0.717, 1.165) is 18.7 Å². The second-order valence-corrected chi connectivity index (χ2v) is 7.50. The Labute approximate surface area is 163 Å². The van der Waals surface area contributed by atoms with E-state index in [1.165, 1.54) is 12.7 Å². The number of halogens is 2. The van der Waals surface area contributed by atoms with Crippen molar-refractivity contribution in [3.63, 3.8) is 0 Å². The summed E-state index contributed by atoms with van der Waals surface area (Å²) in [4.78, 5) is 15.5. The summed E-state index contributed by atoms with van der Waals surface area (Å²) >= 11 is 0. The van der Waals surface area contributed by atoms with Crippen LogP contribution in [0.15, 0.2) is 42.5 Å². The molecule has 28 heavy (non-hydrogen) atoms. The van der Waals surface area contributed by atoms with Gasteiger partial charge in [-0.1, -0.05) is 30.3 Å². The smallest absolute Gasteiger partial charge is 0.170 e. The maximum Gasteiger partial charge on any atom is 0.170 e. The molecule has 0 aromatic heterocycles. The highest BCUT2D eigenvalue weighted by molar-refractivity contribution is 6.00. The lowest BCUT2D eigenvalue weighted by atomic mass is 9.80. The highest BCUT2D eigenvalue weighted by atomic mass is 19.1. The van der Waals surface area contributed by atoms with Crippen LogP contribution in [0.5, 0.6) is 5.75 Å². The molecule has 2 fully saturated rings. The van der Waals surface area contributed by atoms with Gasteiger partial charge >= 0.3 is 0 Å². The van der Waals surface area contributed by atoms with Crippen molar-refractivity contribution in [1.82, 2.24) is 4.90 Å². The molecule has 0 amide bonds. The molecule has 2 aromatic carbocycles. The molecule has 6 heteroatoms. The number of rotatable bonds is 5. The minimum Gasteiger partial charge on any atom is -0.493 e. The van der Waals surface area contributed by atoms with E-state index in [4.69, 9.17) is 9.47 Å². The topological polar surface area (TPSA) is 38.8 Å². The molecule has 2 atom stereocenters. The molecule has 2 heterocycles. The third kappa shape index (κ3) is 3.66. The molecule has 2 aliphatic heterocycles. The van der Waals surface area contributed by atoms with Gasteiger partial charge in [0, 0.05) is 30.6 Å². The van der Waals surface area contributed by atoms with E-state index in [1.54, 1.807) is 0 Å². The van der Waals surface area contributed by atoms with E-state index in [0.29, 0.717) is 26.1 Å². The van der Waals surface area contributed by atoms with E-state index in [9.17, 15) is 13.6 Å². The summed E-state index contributed by atoms with van der Waals surface area (Å²) in [6, 6.07) is 12.2. The van der Waals surface area contributed by atoms with E-state index < -0.39 is 11.6 Å². The molecule has 4 nitrogen and oxygen atoms in total. The fourth-order valence-electron chi connectivity index (χ4n) is 4.43. The molecule has 0 N–H and O–H groups in total. The maximum atomic E-state index is 14.0. The number of Topliss-reactive ketones (excluding diaryl/α,β-unsaturated/α-hetero) is 1. The zero-order valence-electron chi connectivity index (χ0n) is 15.7. The van der Waals surface area contributed by atoms with Gasteiger partial charge in [-0.05, 0) is 24.5 Å². The van der Waals surface area contributed by atoms with Gasteiger partial charge in [-0.15, -0.1) is 0 Å². The number of morpholine rings is 1. The first-order valence-corrected chi connectivity index (χ1v) is 9.51. The number of hydrogen-bond donors (Lipinski definition) is 0. The Morgan fingerprint density at radius 3 is 2.46 bits per heavy atom. The first-order chi connectivity index (χ1) is 13.6. The molecule has 0 radical (unpaired) electrons. The minimum absolute atomic E-state index is 0.0134. The number of ketones is 1. The molecule has 2 unspecified atom stereocenters. The lowest BCUT2D eigenvalue weighted by molar-refractivity contribution is -0.0873. The lowest BCUT2D eigenvalue weighted by Gasteiger charge is -2.48. The molecule has 4 rings (SSSR count). The van der Waals surface area contributed by atoms with E-state index in [1.807, 2.05) is 18.2 Å². The number of fused-ring (bicyclic) bond motifs is 2. The van der Waals surface area contributed by atoms with Crippen molar-refractivity contribution in [3.8, 4) is 5.75 Å². The lowest BCUT2D eigenvalue weighted by Crippen LogP contribution is -2.57. The van der Waals surface area contributed by atoms with Gasteiger partial charge in [-0.2, -0.15) is 0 Å². The van der Waals surface area contributed by atoms with Crippen molar-refractivity contribution in [2.24, 2.45) is 5.92 Å². The first kappa shape index (κ1) is 19.0. The molecular weight excluding hydrogens is 364 g/mol. The van der Waals surface area contributed by atoms with Crippen molar-refractivity contribution >= 4 is 5.78 Å². The van der Waals surface area contributed by atoms with Gasteiger partial charge in [0.15, 0.2) is 17.3 Å². The number of benzene rings is 2. The Morgan fingerprint density at radius 1 is 1.14 bits per heavy atom. The summed E-state index contributed by atoms with van der Waals surface area (Å²) in [5, 5.41) is 0. The molecule has 2 saturated heterocycles. The van der Waals surface area contributed by atoms with Crippen LogP contribution in [0.2, 0.25) is 0 Å². The van der Waals surface area contributed by atoms with Crippen LogP contribution in [0.1, 0.15) is 28.8 Å². The summed E-state index contributed by atoms with van der Waals surface area (Å²) in [7, 11) is 1.29. The summed E-state index contributed by atoms with van der Waals surface area (Å²) in [6.45, 7) is 1.92. The van der Waals surface area contributed by atoms with E-state index in [-0.39, 0.29) is 35.1 Å². The number of carbonyl (C=O) groups excluding carboxylic acids is 1. The highest BCUT2D eigenvalue weighted by Crippen LogP contribution is 2.36. The quantitative estimate of drug-likeness (QED) is 0.731. The van der Waals surface area contributed by atoms with Gasteiger partial charge in [0.1, 0.15) is 5.82 Å². The summed E-state index contributed by atoms with van der Waals surface area (Å²) in [5.74, 6) is -2.37. The number of piperidine rings is 1. The number of ether oxygens (including phenoxy) is 2. The zero-order chi connectivity index (χ0) is 19.7. The molecule has 0 saturated carbocycles. The monoisotopic (exact) mass is 387 g/mol. The van der Waals surface area contributed by atoms with Gasteiger partial charge in [0.05, 0.1) is 25.9 Å². The molecule has 0 aliphatic carbocycles. The molecule has 148 valence electrons. The fourth-order valence-corrected chi connectivity index (χ4v) is 4.43. The average molecular weight is 387 g/mol. The van der Waals surface area contributed by atoms with Crippen molar-refractivity contribution in [2.45, 2.75) is 31.5 Å². The Kier molecular flexibility index (Phi) is 5.42. The van der Waals surface area contributed by atoms with Crippen LogP contribution in [-0.2, 0) is 11.3 Å². The van der Waals surface area contributed by atoms with Gasteiger partial charge < -0.3 is 9.47 Å². The van der Waals surface area contributed by atoms with Gasteiger partial charge in [0.25, 0.3) is 0 Å². The van der Waals surface area contributed by atoms with E-state index in [2.05, 4.69) is 17.0 Å². The third-order valence-corrected chi connectivity index (χ3v) is 5.73. The van der Waals surface area contributed by atoms with Crippen LogP contribution < -0.4 is 4.74 Å². The number of methoxy groups -OCH3 is 1. The van der Waals surface area contributed by atoms with Crippen LogP contribution in [-0.4, -0.2) is 43.1 Å². The predicted molar refractivity (Wildman–Crippen MR) is 100 cm³/mol. The minimum atomic E-state index is -0.851. The summed E-state index contributed by atoms with van der Waals surface area (Å²) in [5.41, 5.74) is 1.21. The van der Waals surface area contributed by atoms with Crippen LogP contribution in [0.3, 0.4) is 0 Å². The van der Waals surface area contributed by atoms with E-state index >= 15 is 0 Å². The SMILES string of the molecule is COc1c(F)cc(F)cc1C(=O)C1CC2COCC(C1)N2Cc1ccccc1. The van der Waals surface area contributed by atoms with Crippen molar-refractivity contribution in [3.05, 3.63) is 65.2 Å².